The molecule has 4 heteroatoms. The normalized spacial score (nSPS) is 9.75. The number of rotatable bonds is 7. The third-order valence-corrected chi connectivity index (χ3v) is 2.01. The Labute approximate surface area is 93.9 Å². The molecule has 0 aromatic heterocycles. The van der Waals surface area contributed by atoms with E-state index in [2.05, 4.69) is 0 Å². The molecule has 0 saturated carbocycles. The van der Waals surface area contributed by atoms with Crippen molar-refractivity contribution >= 4 is 11.8 Å². The maximum absolute atomic E-state index is 11.2. The highest BCUT2D eigenvalue weighted by molar-refractivity contribution is 5.82. The summed E-state index contributed by atoms with van der Waals surface area (Å²) in [4.78, 5) is 21.4. The van der Waals surface area contributed by atoms with Gasteiger partial charge in [0.15, 0.2) is 0 Å². The summed E-state index contributed by atoms with van der Waals surface area (Å²) in [7, 11) is 0. The highest BCUT2D eigenvalue weighted by atomic mass is 16.5. The van der Waals surface area contributed by atoms with Gasteiger partial charge >= 0.3 is 5.97 Å². The lowest BCUT2D eigenvalue weighted by Crippen LogP contribution is -2.08. The molecule has 0 fully saturated rings. The number of carbonyl (C=O) groups excluding carboxylic acids is 1. The minimum Gasteiger partial charge on any atom is -0.493 e. The van der Waals surface area contributed by atoms with Crippen LogP contribution in [0, 0.1) is 0 Å². The van der Waals surface area contributed by atoms with Gasteiger partial charge in [-0.3, -0.25) is 9.59 Å². The van der Waals surface area contributed by atoms with Crippen LogP contribution < -0.4 is 4.74 Å². The molecule has 0 heterocycles. The summed E-state index contributed by atoms with van der Waals surface area (Å²) in [5.74, 6) is -0.316. The topological polar surface area (TPSA) is 63.6 Å². The Morgan fingerprint density at radius 2 is 1.75 bits per heavy atom. The fourth-order valence-corrected chi connectivity index (χ4v) is 1.17. The van der Waals surface area contributed by atoms with Gasteiger partial charge in [-0.1, -0.05) is 18.2 Å². The van der Waals surface area contributed by atoms with Crippen molar-refractivity contribution in [2.45, 2.75) is 19.3 Å². The number of ether oxygens (including phenoxy) is 1. The van der Waals surface area contributed by atoms with E-state index >= 15 is 0 Å². The summed E-state index contributed by atoms with van der Waals surface area (Å²) in [6, 6.07) is 9.19. The fraction of sp³-hybridized carbons (Fsp3) is 0.333. The number of carboxylic acid groups (broad SMARTS) is 1. The standard InChI is InChI=1S/C12H14O4/c13-10(6-7-12(14)15)8-9-16-11-4-2-1-3-5-11/h1-5H,6-9H2,(H,14,15). The highest BCUT2D eigenvalue weighted by Gasteiger charge is 2.05. The summed E-state index contributed by atoms with van der Waals surface area (Å²) in [6.07, 6.45) is 0.222. The zero-order valence-electron chi connectivity index (χ0n) is 8.89. The van der Waals surface area contributed by atoms with Crippen molar-refractivity contribution < 1.29 is 19.4 Å². The number of ketones is 1. The van der Waals surface area contributed by atoms with Gasteiger partial charge < -0.3 is 9.84 Å². The molecule has 86 valence electrons. The summed E-state index contributed by atoms with van der Waals surface area (Å²) in [5, 5.41) is 8.38. The smallest absolute Gasteiger partial charge is 0.303 e. The van der Waals surface area contributed by atoms with E-state index in [0.29, 0.717) is 12.4 Å². The molecule has 0 bridgehead atoms. The quantitative estimate of drug-likeness (QED) is 0.765. The van der Waals surface area contributed by atoms with Crippen LogP contribution >= 0.6 is 0 Å². The molecule has 0 amide bonds. The van der Waals surface area contributed by atoms with Crippen molar-refractivity contribution in [3.8, 4) is 5.75 Å². The van der Waals surface area contributed by atoms with Gasteiger partial charge in [0.25, 0.3) is 0 Å². The van der Waals surface area contributed by atoms with Gasteiger partial charge in [-0.05, 0) is 12.1 Å². The molecule has 0 saturated heterocycles. The van der Waals surface area contributed by atoms with Gasteiger partial charge in [-0.2, -0.15) is 0 Å². The van der Waals surface area contributed by atoms with Crippen molar-refractivity contribution in [3.05, 3.63) is 30.3 Å². The number of hydrogen-bond donors (Lipinski definition) is 1. The second-order valence-electron chi connectivity index (χ2n) is 3.34. The first-order valence-corrected chi connectivity index (χ1v) is 5.10. The molecular formula is C12H14O4. The monoisotopic (exact) mass is 222 g/mol. The largest absolute Gasteiger partial charge is 0.493 e. The van der Waals surface area contributed by atoms with Crippen molar-refractivity contribution in [1.29, 1.82) is 0 Å². The van der Waals surface area contributed by atoms with E-state index in [4.69, 9.17) is 9.84 Å². The fourth-order valence-electron chi connectivity index (χ4n) is 1.17. The lowest BCUT2D eigenvalue weighted by Gasteiger charge is -2.04. The van der Waals surface area contributed by atoms with E-state index in [-0.39, 0.29) is 25.0 Å². The van der Waals surface area contributed by atoms with Crippen LogP contribution in [-0.2, 0) is 9.59 Å². The van der Waals surface area contributed by atoms with E-state index in [1.165, 1.54) is 0 Å². The van der Waals surface area contributed by atoms with E-state index in [1.54, 1.807) is 0 Å². The second kappa shape index (κ2) is 6.61. The maximum atomic E-state index is 11.2. The van der Waals surface area contributed by atoms with Crippen LogP contribution in [0.5, 0.6) is 5.75 Å². The number of carboxylic acids is 1. The molecule has 0 aliphatic rings. The van der Waals surface area contributed by atoms with Crippen LogP contribution in [0.4, 0.5) is 0 Å². The first kappa shape index (κ1) is 12.2. The number of aliphatic carboxylic acids is 1. The molecule has 0 aliphatic carbocycles. The summed E-state index contributed by atoms with van der Waals surface area (Å²) in [6.45, 7) is 0.294. The maximum Gasteiger partial charge on any atom is 0.303 e. The van der Waals surface area contributed by atoms with Gasteiger partial charge in [0, 0.05) is 12.8 Å². The average Bonchev–Trinajstić information content (AvgIpc) is 2.28. The third-order valence-electron chi connectivity index (χ3n) is 2.01. The number of carbonyl (C=O) groups is 2. The zero-order valence-corrected chi connectivity index (χ0v) is 8.89. The molecule has 1 aromatic rings. The predicted octanol–water partition coefficient (Wildman–Crippen LogP) is 1.89. The molecule has 0 radical (unpaired) electrons. The minimum absolute atomic E-state index is 0.0769. The van der Waals surface area contributed by atoms with Crippen LogP contribution in [-0.4, -0.2) is 23.5 Å². The SMILES string of the molecule is O=C(O)CCC(=O)CCOc1ccccc1. The molecular weight excluding hydrogens is 208 g/mol. The lowest BCUT2D eigenvalue weighted by molar-refractivity contribution is -0.138. The van der Waals surface area contributed by atoms with E-state index < -0.39 is 5.97 Å². The Hall–Kier alpha value is -1.84. The number of Topliss-reactive ketones (excluding diaryl/α,β-unsaturated/α-hetero) is 1. The Morgan fingerprint density at radius 3 is 2.38 bits per heavy atom. The Balaban J connectivity index is 2.16. The Kier molecular flexibility index (Phi) is 5.05. The van der Waals surface area contributed by atoms with Gasteiger partial charge in [-0.25, -0.2) is 0 Å². The minimum atomic E-state index is -0.947. The average molecular weight is 222 g/mol. The third kappa shape index (κ3) is 5.14. The molecule has 16 heavy (non-hydrogen) atoms. The molecule has 1 rings (SSSR count). The van der Waals surface area contributed by atoms with Crippen molar-refractivity contribution in [1.82, 2.24) is 0 Å². The number of hydrogen-bond acceptors (Lipinski definition) is 3. The highest BCUT2D eigenvalue weighted by Crippen LogP contribution is 2.08. The summed E-state index contributed by atoms with van der Waals surface area (Å²) >= 11 is 0. The van der Waals surface area contributed by atoms with Gasteiger partial charge in [0.1, 0.15) is 11.5 Å². The first-order chi connectivity index (χ1) is 7.68. The Bertz CT molecular complexity index is 345. The van der Waals surface area contributed by atoms with Gasteiger partial charge in [0.2, 0.25) is 0 Å². The van der Waals surface area contributed by atoms with E-state index in [0.717, 1.165) is 0 Å². The van der Waals surface area contributed by atoms with Crippen LogP contribution in [0.2, 0.25) is 0 Å². The first-order valence-electron chi connectivity index (χ1n) is 5.10. The predicted molar refractivity (Wildman–Crippen MR) is 58.4 cm³/mol. The van der Waals surface area contributed by atoms with E-state index in [9.17, 15) is 9.59 Å². The lowest BCUT2D eigenvalue weighted by atomic mass is 10.2. The van der Waals surface area contributed by atoms with E-state index in [1.807, 2.05) is 30.3 Å². The van der Waals surface area contributed by atoms with Crippen LogP contribution in [0.15, 0.2) is 30.3 Å². The zero-order chi connectivity index (χ0) is 11.8. The molecule has 0 atom stereocenters. The molecule has 0 aliphatic heterocycles. The Morgan fingerprint density at radius 1 is 1.06 bits per heavy atom. The van der Waals surface area contributed by atoms with Gasteiger partial charge in [0.05, 0.1) is 13.0 Å². The van der Waals surface area contributed by atoms with Crippen LogP contribution in [0.1, 0.15) is 19.3 Å². The molecule has 1 N–H and O–H groups in total. The van der Waals surface area contributed by atoms with Crippen molar-refractivity contribution in [2.24, 2.45) is 0 Å². The molecule has 4 nitrogen and oxygen atoms in total. The number of para-hydroxylation sites is 1. The van der Waals surface area contributed by atoms with Crippen LogP contribution in [0.3, 0.4) is 0 Å². The summed E-state index contributed by atoms with van der Waals surface area (Å²) in [5.41, 5.74) is 0. The molecule has 0 spiro atoms. The van der Waals surface area contributed by atoms with Crippen molar-refractivity contribution in [3.63, 3.8) is 0 Å². The van der Waals surface area contributed by atoms with Gasteiger partial charge in [-0.15, -0.1) is 0 Å². The molecule has 0 unspecified atom stereocenters. The van der Waals surface area contributed by atoms with Crippen molar-refractivity contribution in [2.75, 3.05) is 6.61 Å². The second-order valence-corrected chi connectivity index (χ2v) is 3.34. The molecule has 1 aromatic carbocycles. The number of benzene rings is 1. The summed E-state index contributed by atoms with van der Waals surface area (Å²) < 4.78 is 5.32. The van der Waals surface area contributed by atoms with Crippen LogP contribution in [0.25, 0.3) is 0 Å².